The zero-order valence-electron chi connectivity index (χ0n) is 10.2. The summed E-state index contributed by atoms with van der Waals surface area (Å²) in [5.41, 5.74) is 0. The maximum absolute atomic E-state index is 11.7. The first kappa shape index (κ1) is 14.7. The number of alkyl halides is 1. The van der Waals surface area contributed by atoms with Gasteiger partial charge in [0.15, 0.2) is 9.84 Å². The van der Waals surface area contributed by atoms with Crippen LogP contribution in [0.2, 0.25) is 0 Å². The van der Waals surface area contributed by atoms with Gasteiger partial charge in [-0.1, -0.05) is 0 Å². The molecule has 5 nitrogen and oxygen atoms in total. The Morgan fingerprint density at radius 2 is 2.00 bits per heavy atom. The largest absolute Gasteiger partial charge is 0.336 e. The lowest BCUT2D eigenvalue weighted by molar-refractivity contribution is -0.130. The number of nitrogens with zero attached hydrogens (tertiary/aromatic N) is 2. The second kappa shape index (κ2) is 6.02. The van der Waals surface area contributed by atoms with Crippen LogP contribution in [0.1, 0.15) is 6.42 Å². The van der Waals surface area contributed by atoms with Crippen molar-refractivity contribution in [2.45, 2.75) is 12.5 Å². The van der Waals surface area contributed by atoms with E-state index in [1.165, 1.54) is 0 Å². The second-order valence-electron chi connectivity index (χ2n) is 4.58. The van der Waals surface area contributed by atoms with Crippen molar-refractivity contribution in [1.29, 1.82) is 0 Å². The van der Waals surface area contributed by atoms with Crippen LogP contribution in [-0.2, 0) is 14.6 Å². The molecule has 17 heavy (non-hydrogen) atoms. The highest BCUT2D eigenvalue weighted by Gasteiger charge is 2.34. The Kier molecular flexibility index (Phi) is 5.22. The quantitative estimate of drug-likeness (QED) is 0.656. The Hall–Kier alpha value is -0.330. The third kappa shape index (κ3) is 4.44. The van der Waals surface area contributed by atoms with Gasteiger partial charge in [-0.2, -0.15) is 0 Å². The first-order chi connectivity index (χ1) is 7.85. The molecule has 0 saturated carbocycles. The third-order valence-electron chi connectivity index (χ3n) is 2.87. The number of carbonyl (C=O) groups is 1. The van der Waals surface area contributed by atoms with Crippen LogP contribution < -0.4 is 0 Å². The van der Waals surface area contributed by atoms with Crippen LogP contribution in [0, 0.1) is 0 Å². The van der Waals surface area contributed by atoms with Gasteiger partial charge in [-0.25, -0.2) is 8.42 Å². The van der Waals surface area contributed by atoms with Crippen LogP contribution in [0.4, 0.5) is 0 Å². The number of sulfone groups is 1. The van der Waals surface area contributed by atoms with Gasteiger partial charge in [0.1, 0.15) is 5.88 Å². The molecule has 1 aliphatic heterocycles. The highest BCUT2D eigenvalue weighted by Crippen LogP contribution is 2.18. The Bertz CT molecular complexity index is 370. The molecule has 0 bridgehead atoms. The fraction of sp³-hybridized carbons (Fsp3) is 0.900. The average molecular weight is 283 g/mol. The van der Waals surface area contributed by atoms with Crippen LogP contribution in [0.25, 0.3) is 0 Å². The first-order valence-corrected chi connectivity index (χ1v) is 7.92. The summed E-state index contributed by atoms with van der Waals surface area (Å²) in [5.74, 6) is -0.0331. The summed E-state index contributed by atoms with van der Waals surface area (Å²) in [6.45, 7) is 1.23. The van der Waals surface area contributed by atoms with E-state index in [0.717, 1.165) is 0 Å². The zero-order valence-corrected chi connectivity index (χ0v) is 11.8. The zero-order chi connectivity index (χ0) is 13.1. The molecule has 0 spiro atoms. The van der Waals surface area contributed by atoms with Crippen molar-refractivity contribution >= 4 is 27.3 Å². The monoisotopic (exact) mass is 282 g/mol. The third-order valence-corrected chi connectivity index (χ3v) is 4.85. The van der Waals surface area contributed by atoms with Gasteiger partial charge in [0, 0.05) is 19.1 Å². The summed E-state index contributed by atoms with van der Waals surface area (Å²) >= 11 is 5.56. The molecular formula is C10H19ClN2O3S. The van der Waals surface area contributed by atoms with Crippen molar-refractivity contribution in [1.82, 2.24) is 9.80 Å². The minimum atomic E-state index is -2.97. The molecule has 0 aromatic rings. The Labute approximate surface area is 108 Å². The predicted molar refractivity (Wildman–Crippen MR) is 68.0 cm³/mol. The molecule has 100 valence electrons. The van der Waals surface area contributed by atoms with Gasteiger partial charge >= 0.3 is 0 Å². The number of hydrogen-bond donors (Lipinski definition) is 0. The number of likely N-dealkylation sites (N-methyl/N-ethyl adjacent to an activating group) is 1. The minimum Gasteiger partial charge on any atom is -0.336 e. The van der Waals surface area contributed by atoms with Gasteiger partial charge in [-0.3, -0.25) is 4.79 Å². The molecule has 1 unspecified atom stereocenters. The molecule has 1 rings (SSSR count). The Morgan fingerprint density at radius 1 is 1.35 bits per heavy atom. The van der Waals surface area contributed by atoms with E-state index in [4.69, 9.17) is 11.6 Å². The fourth-order valence-electron chi connectivity index (χ4n) is 1.92. The van der Waals surface area contributed by atoms with Gasteiger partial charge in [0.2, 0.25) is 5.91 Å². The van der Waals surface area contributed by atoms with E-state index in [1.807, 2.05) is 19.0 Å². The molecule has 1 saturated heterocycles. The molecule has 0 aromatic carbocycles. The summed E-state index contributed by atoms with van der Waals surface area (Å²) < 4.78 is 22.8. The van der Waals surface area contributed by atoms with Crippen molar-refractivity contribution in [3.63, 3.8) is 0 Å². The summed E-state index contributed by atoms with van der Waals surface area (Å²) in [6.07, 6.45) is 0.526. The number of carbonyl (C=O) groups excluding carboxylic acids is 1. The lowest BCUT2D eigenvalue weighted by Crippen LogP contribution is -2.45. The number of hydrogen-bond acceptors (Lipinski definition) is 4. The van der Waals surface area contributed by atoms with Crippen molar-refractivity contribution in [3.05, 3.63) is 0 Å². The predicted octanol–water partition coefficient (Wildman–Crippen LogP) is -0.197. The van der Waals surface area contributed by atoms with Gasteiger partial charge < -0.3 is 9.80 Å². The molecule has 0 aliphatic carbocycles. The van der Waals surface area contributed by atoms with Gasteiger partial charge in [0.25, 0.3) is 0 Å². The molecule has 1 aliphatic rings. The summed E-state index contributed by atoms with van der Waals surface area (Å²) in [4.78, 5) is 15.3. The molecule has 1 fully saturated rings. The van der Waals surface area contributed by atoms with Crippen molar-refractivity contribution < 1.29 is 13.2 Å². The topological polar surface area (TPSA) is 57.7 Å². The summed E-state index contributed by atoms with van der Waals surface area (Å²) in [5, 5.41) is 0. The van der Waals surface area contributed by atoms with Crippen LogP contribution in [0.3, 0.4) is 0 Å². The first-order valence-electron chi connectivity index (χ1n) is 5.56. The van der Waals surface area contributed by atoms with E-state index in [1.54, 1.807) is 4.90 Å². The van der Waals surface area contributed by atoms with E-state index < -0.39 is 9.84 Å². The van der Waals surface area contributed by atoms with Gasteiger partial charge in [-0.05, 0) is 20.5 Å². The number of halogens is 1. The Balaban J connectivity index is 2.67. The van der Waals surface area contributed by atoms with Crippen molar-refractivity contribution in [2.75, 3.05) is 44.6 Å². The molecule has 1 atom stereocenters. The molecule has 1 amide bonds. The van der Waals surface area contributed by atoms with Gasteiger partial charge in [0.05, 0.1) is 11.5 Å². The maximum Gasteiger partial charge on any atom is 0.237 e. The lowest BCUT2D eigenvalue weighted by Gasteiger charge is -2.28. The smallest absolute Gasteiger partial charge is 0.237 e. The highest BCUT2D eigenvalue weighted by molar-refractivity contribution is 7.91. The lowest BCUT2D eigenvalue weighted by atomic mass is 10.2. The fourth-order valence-corrected chi connectivity index (χ4v) is 3.80. The highest BCUT2D eigenvalue weighted by atomic mass is 35.5. The maximum atomic E-state index is 11.7. The van der Waals surface area contributed by atoms with Crippen LogP contribution >= 0.6 is 11.6 Å². The van der Waals surface area contributed by atoms with E-state index >= 15 is 0 Å². The minimum absolute atomic E-state index is 0.0725. The molecule has 0 aromatic heterocycles. The van der Waals surface area contributed by atoms with E-state index in [2.05, 4.69) is 0 Å². The number of rotatable bonds is 5. The number of amides is 1. The van der Waals surface area contributed by atoms with E-state index in [0.29, 0.717) is 19.5 Å². The molecule has 0 radical (unpaired) electrons. The van der Waals surface area contributed by atoms with Crippen LogP contribution in [0.5, 0.6) is 0 Å². The van der Waals surface area contributed by atoms with E-state index in [-0.39, 0.29) is 29.3 Å². The Morgan fingerprint density at radius 3 is 2.41 bits per heavy atom. The second-order valence-corrected chi connectivity index (χ2v) is 7.08. The van der Waals surface area contributed by atoms with Crippen LogP contribution in [-0.4, -0.2) is 74.7 Å². The summed E-state index contributed by atoms with van der Waals surface area (Å²) in [7, 11) is 0.852. The van der Waals surface area contributed by atoms with Gasteiger partial charge in [-0.15, -0.1) is 11.6 Å². The van der Waals surface area contributed by atoms with E-state index in [9.17, 15) is 13.2 Å². The molecule has 1 heterocycles. The summed E-state index contributed by atoms with van der Waals surface area (Å²) in [6, 6.07) is -0.203. The normalized spacial score (nSPS) is 22.9. The van der Waals surface area contributed by atoms with Crippen LogP contribution in [0.15, 0.2) is 0 Å². The molecular weight excluding hydrogens is 264 g/mol. The molecule has 7 heteroatoms. The SMILES string of the molecule is CN(C)CCN(C(=O)CCl)C1CCS(=O)(=O)C1. The standard InChI is InChI=1S/C10H19ClN2O3S/c1-12(2)4-5-13(10(14)7-11)9-3-6-17(15,16)8-9/h9H,3-8H2,1-2H3. The average Bonchev–Trinajstić information content (AvgIpc) is 2.58. The molecule has 0 N–H and O–H groups in total. The van der Waals surface area contributed by atoms with Crippen molar-refractivity contribution in [2.24, 2.45) is 0 Å². The van der Waals surface area contributed by atoms with Crippen molar-refractivity contribution in [3.8, 4) is 0 Å².